The lowest BCUT2D eigenvalue weighted by Crippen LogP contribution is -2.38. The second-order valence-electron chi connectivity index (χ2n) is 6.30. The third kappa shape index (κ3) is 5.38. The number of nitrogens with zero attached hydrogens (tertiary/aromatic N) is 1. The first-order valence-corrected chi connectivity index (χ1v) is 8.52. The van der Waals surface area contributed by atoms with Gasteiger partial charge in [0, 0.05) is 11.1 Å². The Kier molecular flexibility index (Phi) is 6.52. The van der Waals surface area contributed by atoms with Crippen LogP contribution in [0, 0.1) is 0 Å². The summed E-state index contributed by atoms with van der Waals surface area (Å²) in [5.41, 5.74) is -1.19. The van der Waals surface area contributed by atoms with Gasteiger partial charge in [-0.15, -0.1) is 0 Å². The van der Waals surface area contributed by atoms with Crippen LogP contribution in [0.2, 0.25) is 5.02 Å². The van der Waals surface area contributed by atoms with Gasteiger partial charge in [-0.1, -0.05) is 37.3 Å². The molecule has 2 rings (SSSR count). The molecule has 1 aliphatic rings. The van der Waals surface area contributed by atoms with E-state index in [0.29, 0.717) is 6.04 Å². The maximum absolute atomic E-state index is 13.1. The van der Waals surface area contributed by atoms with Crippen molar-refractivity contribution < 1.29 is 18.0 Å². The lowest BCUT2D eigenvalue weighted by atomic mass is 10.1. The lowest BCUT2D eigenvalue weighted by molar-refractivity contribution is -0.137. The smallest absolute Gasteiger partial charge is 0.324 e. The first kappa shape index (κ1) is 19.1. The second-order valence-corrected chi connectivity index (χ2v) is 6.73. The average molecular weight is 363 g/mol. The van der Waals surface area contributed by atoms with Crippen LogP contribution in [-0.4, -0.2) is 30.4 Å². The fraction of sp³-hybridized carbons (Fsp3) is 0.588. The van der Waals surface area contributed by atoms with Gasteiger partial charge in [-0.2, -0.15) is 13.2 Å². The Hall–Kier alpha value is -1.27. The second kappa shape index (κ2) is 8.21. The third-order valence-electron chi connectivity index (χ3n) is 4.40. The van der Waals surface area contributed by atoms with E-state index in [1.165, 1.54) is 25.0 Å². The molecule has 0 spiro atoms. The molecule has 1 N–H and O–H groups in total. The zero-order valence-electron chi connectivity index (χ0n) is 13.6. The third-order valence-corrected chi connectivity index (χ3v) is 4.64. The standard InChI is InChI=1S/C17H22ClF3N2O/c1-23(13-6-4-2-3-5-7-13)11-16(24)22-15-9-8-12(18)10-14(15)17(19,20)21/h8-10,13H,2-7,11H2,1H3,(H,22,24). The molecule has 0 aromatic heterocycles. The van der Waals surface area contributed by atoms with E-state index < -0.39 is 17.6 Å². The fourth-order valence-corrected chi connectivity index (χ4v) is 3.28. The minimum atomic E-state index is -4.57. The number of benzene rings is 1. The summed E-state index contributed by atoms with van der Waals surface area (Å²) in [4.78, 5) is 14.1. The number of nitrogens with one attached hydrogen (secondary N) is 1. The van der Waals surface area contributed by atoms with Crippen molar-refractivity contribution in [3.63, 3.8) is 0 Å². The Morgan fingerprint density at radius 1 is 1.25 bits per heavy atom. The van der Waals surface area contributed by atoms with Gasteiger partial charge in [0.05, 0.1) is 17.8 Å². The number of hydrogen-bond acceptors (Lipinski definition) is 2. The van der Waals surface area contributed by atoms with E-state index in [2.05, 4.69) is 5.32 Å². The van der Waals surface area contributed by atoms with E-state index in [0.717, 1.165) is 31.7 Å². The van der Waals surface area contributed by atoms with Crippen molar-refractivity contribution in [2.45, 2.75) is 50.7 Å². The molecule has 0 radical (unpaired) electrons. The molecule has 1 saturated carbocycles. The minimum absolute atomic E-state index is 0.0177. The first-order chi connectivity index (χ1) is 11.3. The Labute approximate surface area is 145 Å². The highest BCUT2D eigenvalue weighted by Crippen LogP contribution is 2.36. The van der Waals surface area contributed by atoms with Crippen LogP contribution >= 0.6 is 11.6 Å². The molecule has 1 amide bonds. The summed E-state index contributed by atoms with van der Waals surface area (Å²) in [6.45, 7) is 0.0740. The van der Waals surface area contributed by atoms with Crippen molar-refractivity contribution in [2.75, 3.05) is 18.9 Å². The predicted molar refractivity (Wildman–Crippen MR) is 89.2 cm³/mol. The predicted octanol–water partition coefficient (Wildman–Crippen LogP) is 4.95. The summed E-state index contributed by atoms with van der Waals surface area (Å²) in [5.74, 6) is -0.449. The zero-order chi connectivity index (χ0) is 17.7. The summed E-state index contributed by atoms with van der Waals surface area (Å²) >= 11 is 5.64. The number of anilines is 1. The van der Waals surface area contributed by atoms with Crippen LogP contribution in [0.5, 0.6) is 0 Å². The molecule has 0 heterocycles. The molecule has 3 nitrogen and oxygen atoms in total. The molecule has 0 bridgehead atoms. The highest BCUT2D eigenvalue weighted by atomic mass is 35.5. The number of hydrogen-bond donors (Lipinski definition) is 1. The topological polar surface area (TPSA) is 32.3 Å². The van der Waals surface area contributed by atoms with Crippen LogP contribution in [0.25, 0.3) is 0 Å². The van der Waals surface area contributed by atoms with Crippen LogP contribution in [-0.2, 0) is 11.0 Å². The van der Waals surface area contributed by atoms with E-state index in [1.54, 1.807) is 0 Å². The van der Waals surface area contributed by atoms with Crippen LogP contribution in [0.15, 0.2) is 18.2 Å². The Morgan fingerprint density at radius 3 is 2.46 bits per heavy atom. The largest absolute Gasteiger partial charge is 0.418 e. The molecule has 24 heavy (non-hydrogen) atoms. The van der Waals surface area contributed by atoms with Gasteiger partial charge in [-0.05, 0) is 38.1 Å². The molecule has 0 unspecified atom stereocenters. The Morgan fingerprint density at radius 2 is 1.88 bits per heavy atom. The van der Waals surface area contributed by atoms with Crippen molar-refractivity contribution >= 4 is 23.2 Å². The first-order valence-electron chi connectivity index (χ1n) is 8.14. The summed E-state index contributed by atoms with van der Waals surface area (Å²) < 4.78 is 39.2. The average Bonchev–Trinajstić information content (AvgIpc) is 2.77. The number of likely N-dealkylation sites (N-methyl/N-ethyl adjacent to an activating group) is 1. The zero-order valence-corrected chi connectivity index (χ0v) is 14.4. The fourth-order valence-electron chi connectivity index (χ4n) is 3.10. The van der Waals surface area contributed by atoms with Gasteiger partial charge in [0.25, 0.3) is 0 Å². The van der Waals surface area contributed by atoms with Gasteiger partial charge in [-0.25, -0.2) is 0 Å². The Balaban J connectivity index is 2.01. The minimum Gasteiger partial charge on any atom is -0.324 e. The summed E-state index contributed by atoms with van der Waals surface area (Å²) in [6, 6.07) is 3.66. The van der Waals surface area contributed by atoms with Gasteiger partial charge in [0.15, 0.2) is 0 Å². The van der Waals surface area contributed by atoms with Gasteiger partial charge in [-0.3, -0.25) is 9.69 Å². The van der Waals surface area contributed by atoms with E-state index in [-0.39, 0.29) is 17.3 Å². The molecule has 7 heteroatoms. The number of alkyl halides is 3. The maximum Gasteiger partial charge on any atom is 0.418 e. The molecule has 0 atom stereocenters. The highest BCUT2D eigenvalue weighted by Gasteiger charge is 2.34. The number of carbonyl (C=O) groups is 1. The number of amides is 1. The lowest BCUT2D eigenvalue weighted by Gasteiger charge is -2.26. The quantitative estimate of drug-likeness (QED) is 0.768. The summed E-state index contributed by atoms with van der Waals surface area (Å²) in [7, 11) is 1.85. The van der Waals surface area contributed by atoms with Crippen molar-refractivity contribution in [1.82, 2.24) is 4.90 Å². The molecule has 134 valence electrons. The molecule has 1 fully saturated rings. The Bertz CT molecular complexity index is 569. The maximum atomic E-state index is 13.1. The SMILES string of the molecule is CN(CC(=O)Nc1ccc(Cl)cc1C(F)(F)F)C1CCCCCC1. The van der Waals surface area contributed by atoms with Crippen LogP contribution < -0.4 is 5.32 Å². The normalized spacial score (nSPS) is 16.9. The molecular weight excluding hydrogens is 341 g/mol. The number of halogens is 4. The molecule has 1 aromatic rings. The molecule has 1 aliphatic carbocycles. The van der Waals surface area contributed by atoms with E-state index >= 15 is 0 Å². The molecule has 1 aromatic carbocycles. The van der Waals surface area contributed by atoms with Crippen molar-refractivity contribution in [1.29, 1.82) is 0 Å². The number of rotatable bonds is 4. The van der Waals surface area contributed by atoms with Gasteiger partial charge >= 0.3 is 6.18 Å². The highest BCUT2D eigenvalue weighted by molar-refractivity contribution is 6.30. The van der Waals surface area contributed by atoms with Crippen molar-refractivity contribution in [3.8, 4) is 0 Å². The van der Waals surface area contributed by atoms with Gasteiger partial charge < -0.3 is 5.32 Å². The summed E-state index contributed by atoms with van der Waals surface area (Å²) in [6.07, 6.45) is 2.16. The van der Waals surface area contributed by atoms with Gasteiger partial charge in [0.1, 0.15) is 0 Å². The summed E-state index contributed by atoms with van der Waals surface area (Å²) in [5, 5.41) is 2.35. The van der Waals surface area contributed by atoms with Crippen LogP contribution in [0.1, 0.15) is 44.1 Å². The monoisotopic (exact) mass is 362 g/mol. The van der Waals surface area contributed by atoms with Crippen molar-refractivity contribution in [3.05, 3.63) is 28.8 Å². The van der Waals surface area contributed by atoms with E-state index in [1.807, 2.05) is 11.9 Å². The van der Waals surface area contributed by atoms with Crippen LogP contribution in [0.3, 0.4) is 0 Å². The van der Waals surface area contributed by atoms with E-state index in [4.69, 9.17) is 11.6 Å². The van der Waals surface area contributed by atoms with Crippen molar-refractivity contribution in [2.24, 2.45) is 0 Å². The molecular formula is C17H22ClF3N2O. The molecule has 0 saturated heterocycles. The number of carbonyl (C=O) groups excluding carboxylic acids is 1. The van der Waals surface area contributed by atoms with Crippen LogP contribution in [0.4, 0.5) is 18.9 Å². The molecule has 0 aliphatic heterocycles. The van der Waals surface area contributed by atoms with Gasteiger partial charge in [0.2, 0.25) is 5.91 Å². The van der Waals surface area contributed by atoms with E-state index in [9.17, 15) is 18.0 Å².